The third-order valence-electron chi connectivity index (χ3n) is 4.75. The summed E-state index contributed by atoms with van der Waals surface area (Å²) in [4.78, 5) is 12.7. The Bertz CT molecular complexity index is 919. The van der Waals surface area contributed by atoms with E-state index in [0.29, 0.717) is 24.3 Å². The third kappa shape index (κ3) is 4.89. The molecule has 7 heteroatoms. The summed E-state index contributed by atoms with van der Waals surface area (Å²) in [6.45, 7) is 3.15. The number of sulfonamides is 1. The van der Waals surface area contributed by atoms with Gasteiger partial charge in [-0.2, -0.15) is 4.31 Å². The fraction of sp³-hybridized carbons (Fsp3) is 0.350. The predicted molar refractivity (Wildman–Crippen MR) is 116 cm³/mol. The second-order valence-electron chi connectivity index (χ2n) is 6.76. The molecule has 0 saturated carbocycles. The normalized spacial score (nSPS) is 15.9. The molecule has 0 aromatic heterocycles. The molecule has 5 nitrogen and oxygen atoms in total. The number of anilines is 1. The van der Waals surface area contributed by atoms with Crippen LogP contribution in [0.5, 0.6) is 0 Å². The van der Waals surface area contributed by atoms with E-state index in [1.165, 1.54) is 0 Å². The van der Waals surface area contributed by atoms with E-state index in [9.17, 15) is 13.2 Å². The first-order valence-corrected chi connectivity index (χ1v) is 11.6. The minimum atomic E-state index is -3.47. The van der Waals surface area contributed by atoms with E-state index >= 15 is 0 Å². The molecule has 1 saturated heterocycles. The van der Waals surface area contributed by atoms with Crippen LogP contribution in [0.4, 0.5) is 5.69 Å². The maximum absolute atomic E-state index is 12.8. The van der Waals surface area contributed by atoms with Crippen LogP contribution in [0.1, 0.15) is 41.6 Å². The Hall–Kier alpha value is -1.45. The number of carbonyl (C=O) groups excluding carboxylic acids is 1. The summed E-state index contributed by atoms with van der Waals surface area (Å²) < 4.78 is 28.2. The first-order chi connectivity index (χ1) is 12.9. The van der Waals surface area contributed by atoms with E-state index in [-0.39, 0.29) is 10.8 Å². The number of nitrogens with zero attached hydrogens (tertiary/aromatic N) is 1. The molecule has 1 fully saturated rings. The smallest absolute Gasteiger partial charge is 0.255 e. The number of nitrogens with one attached hydrogen (secondary N) is 1. The highest BCUT2D eigenvalue weighted by Gasteiger charge is 2.25. The number of benzene rings is 2. The van der Waals surface area contributed by atoms with Crippen molar-refractivity contribution in [1.29, 1.82) is 0 Å². The van der Waals surface area contributed by atoms with Gasteiger partial charge in [-0.05, 0) is 84.3 Å². The summed E-state index contributed by atoms with van der Waals surface area (Å²) in [7, 11) is -3.47. The van der Waals surface area contributed by atoms with Gasteiger partial charge < -0.3 is 5.32 Å². The zero-order valence-corrected chi connectivity index (χ0v) is 18.2. The molecule has 1 aliphatic heterocycles. The van der Waals surface area contributed by atoms with Gasteiger partial charge in [0, 0.05) is 27.9 Å². The Kier molecular flexibility index (Phi) is 6.54. The molecule has 2 aromatic rings. The van der Waals surface area contributed by atoms with Crippen molar-refractivity contribution in [3.05, 3.63) is 57.2 Å². The standard InChI is InChI=1S/C20H23IN2O3S/c1-15-6-7-16(14-19(15)21)20(24)22-17-8-10-18(11-9-17)27(25,26)23-12-4-2-3-5-13-23/h6-11,14H,2-5,12-13H2,1H3,(H,22,24). The van der Waals surface area contributed by atoms with Crippen molar-refractivity contribution in [2.45, 2.75) is 37.5 Å². The quantitative estimate of drug-likeness (QED) is 0.635. The Morgan fingerprint density at radius 2 is 1.63 bits per heavy atom. The number of amides is 1. The molecule has 0 radical (unpaired) electrons. The number of rotatable bonds is 4. The molecule has 1 heterocycles. The van der Waals surface area contributed by atoms with E-state index < -0.39 is 10.0 Å². The molecule has 3 rings (SSSR count). The zero-order valence-electron chi connectivity index (χ0n) is 15.2. The topological polar surface area (TPSA) is 66.5 Å². The van der Waals surface area contributed by atoms with Crippen LogP contribution in [0.15, 0.2) is 47.4 Å². The van der Waals surface area contributed by atoms with Crippen LogP contribution in [0, 0.1) is 10.5 Å². The molecule has 0 bridgehead atoms. The summed E-state index contributed by atoms with van der Waals surface area (Å²) in [6, 6.07) is 11.9. The number of hydrogen-bond donors (Lipinski definition) is 1. The van der Waals surface area contributed by atoms with Gasteiger partial charge in [-0.3, -0.25) is 4.79 Å². The molecule has 1 N–H and O–H groups in total. The lowest BCUT2D eigenvalue weighted by Gasteiger charge is -2.20. The number of carbonyl (C=O) groups is 1. The number of hydrogen-bond acceptors (Lipinski definition) is 3. The monoisotopic (exact) mass is 498 g/mol. The fourth-order valence-corrected chi connectivity index (χ4v) is 5.11. The molecule has 0 spiro atoms. The predicted octanol–water partition coefficient (Wildman–Crippen LogP) is 4.42. The van der Waals surface area contributed by atoms with Gasteiger partial charge >= 0.3 is 0 Å². The van der Waals surface area contributed by atoms with Gasteiger partial charge in [-0.15, -0.1) is 0 Å². The first-order valence-electron chi connectivity index (χ1n) is 9.05. The average Bonchev–Trinajstić information content (AvgIpc) is 2.94. The van der Waals surface area contributed by atoms with Crippen LogP contribution in [0.2, 0.25) is 0 Å². The Morgan fingerprint density at radius 1 is 1.00 bits per heavy atom. The lowest BCUT2D eigenvalue weighted by Crippen LogP contribution is -2.31. The minimum absolute atomic E-state index is 0.212. The summed E-state index contributed by atoms with van der Waals surface area (Å²) in [5.74, 6) is -0.212. The molecule has 144 valence electrons. The first kappa shape index (κ1) is 20.3. The SMILES string of the molecule is Cc1ccc(C(=O)Nc2ccc(S(=O)(=O)N3CCCCCC3)cc2)cc1I. The lowest BCUT2D eigenvalue weighted by atomic mass is 10.1. The van der Waals surface area contributed by atoms with Crippen molar-refractivity contribution in [3.8, 4) is 0 Å². The third-order valence-corrected chi connectivity index (χ3v) is 7.82. The van der Waals surface area contributed by atoms with Crippen LogP contribution in [-0.4, -0.2) is 31.7 Å². The van der Waals surface area contributed by atoms with Crippen molar-refractivity contribution in [1.82, 2.24) is 4.31 Å². The maximum Gasteiger partial charge on any atom is 0.255 e. The van der Waals surface area contributed by atoms with Crippen molar-refractivity contribution in [2.24, 2.45) is 0 Å². The van der Waals surface area contributed by atoms with E-state index in [1.807, 2.05) is 19.1 Å². The molecule has 2 aromatic carbocycles. The van der Waals surface area contributed by atoms with Crippen LogP contribution in [0.25, 0.3) is 0 Å². The second kappa shape index (κ2) is 8.70. The molecule has 0 unspecified atom stereocenters. The number of aryl methyl sites for hydroxylation is 1. The molecular formula is C20H23IN2O3S. The fourth-order valence-electron chi connectivity index (χ4n) is 3.08. The van der Waals surface area contributed by atoms with Crippen molar-refractivity contribution >= 4 is 44.2 Å². The molecule has 0 atom stereocenters. The van der Waals surface area contributed by atoms with Crippen LogP contribution in [-0.2, 0) is 10.0 Å². The molecule has 1 aliphatic rings. The minimum Gasteiger partial charge on any atom is -0.322 e. The van der Waals surface area contributed by atoms with Crippen molar-refractivity contribution in [2.75, 3.05) is 18.4 Å². The van der Waals surface area contributed by atoms with Gasteiger partial charge in [0.2, 0.25) is 10.0 Å². The molecule has 0 aliphatic carbocycles. The van der Waals surface area contributed by atoms with E-state index in [4.69, 9.17) is 0 Å². The van der Waals surface area contributed by atoms with Gasteiger partial charge in [0.15, 0.2) is 0 Å². The highest BCUT2D eigenvalue weighted by atomic mass is 127. The maximum atomic E-state index is 12.8. The van der Waals surface area contributed by atoms with E-state index in [1.54, 1.807) is 34.6 Å². The van der Waals surface area contributed by atoms with Gasteiger partial charge in [0.05, 0.1) is 4.90 Å². The summed E-state index contributed by atoms with van der Waals surface area (Å²) >= 11 is 2.20. The largest absolute Gasteiger partial charge is 0.322 e. The molecular weight excluding hydrogens is 475 g/mol. The summed E-state index contributed by atoms with van der Waals surface area (Å²) in [5.41, 5.74) is 2.27. The Morgan fingerprint density at radius 3 is 2.22 bits per heavy atom. The Balaban J connectivity index is 1.72. The Labute approximate surface area is 174 Å². The second-order valence-corrected chi connectivity index (χ2v) is 9.86. The van der Waals surface area contributed by atoms with E-state index in [0.717, 1.165) is 34.8 Å². The van der Waals surface area contributed by atoms with Gasteiger partial charge in [-0.25, -0.2) is 8.42 Å². The molecule has 1 amide bonds. The van der Waals surface area contributed by atoms with Crippen molar-refractivity contribution < 1.29 is 13.2 Å². The summed E-state index contributed by atoms with van der Waals surface area (Å²) in [5, 5.41) is 2.82. The van der Waals surface area contributed by atoms with E-state index in [2.05, 4.69) is 27.9 Å². The summed E-state index contributed by atoms with van der Waals surface area (Å²) in [6.07, 6.45) is 3.97. The van der Waals surface area contributed by atoms with Gasteiger partial charge in [0.1, 0.15) is 0 Å². The van der Waals surface area contributed by atoms with Crippen LogP contribution < -0.4 is 5.32 Å². The van der Waals surface area contributed by atoms with Gasteiger partial charge in [-0.1, -0.05) is 18.9 Å². The van der Waals surface area contributed by atoms with Crippen LogP contribution in [0.3, 0.4) is 0 Å². The highest BCUT2D eigenvalue weighted by Crippen LogP contribution is 2.22. The van der Waals surface area contributed by atoms with Gasteiger partial charge in [0.25, 0.3) is 5.91 Å². The zero-order chi connectivity index (χ0) is 19.4. The number of halogens is 1. The highest BCUT2D eigenvalue weighted by molar-refractivity contribution is 14.1. The molecule has 27 heavy (non-hydrogen) atoms. The van der Waals surface area contributed by atoms with Crippen molar-refractivity contribution in [3.63, 3.8) is 0 Å². The lowest BCUT2D eigenvalue weighted by molar-refractivity contribution is 0.102. The van der Waals surface area contributed by atoms with Crippen LogP contribution >= 0.6 is 22.6 Å². The average molecular weight is 498 g/mol.